The SMILES string of the molecule is COc1cc(C(=O)N2CCC(C)(C)Nc3ccccc32)ccc1-c1ccc2[nH]ccc2c1. The van der Waals surface area contributed by atoms with Crippen LogP contribution in [0.4, 0.5) is 11.4 Å². The van der Waals surface area contributed by atoms with Gasteiger partial charge in [0.1, 0.15) is 5.75 Å². The van der Waals surface area contributed by atoms with Gasteiger partial charge in [-0.2, -0.15) is 0 Å². The number of hydrogen-bond donors (Lipinski definition) is 2. The van der Waals surface area contributed by atoms with Gasteiger partial charge in [-0.1, -0.05) is 18.2 Å². The molecule has 0 atom stereocenters. The molecule has 0 radical (unpaired) electrons. The summed E-state index contributed by atoms with van der Waals surface area (Å²) in [5.74, 6) is 0.662. The van der Waals surface area contributed by atoms with Crippen molar-refractivity contribution in [1.29, 1.82) is 0 Å². The van der Waals surface area contributed by atoms with Crippen molar-refractivity contribution >= 4 is 28.2 Å². The van der Waals surface area contributed by atoms with E-state index >= 15 is 0 Å². The molecule has 1 aromatic heterocycles. The largest absolute Gasteiger partial charge is 0.496 e. The number of hydrogen-bond acceptors (Lipinski definition) is 3. The van der Waals surface area contributed by atoms with Crippen LogP contribution in [0.1, 0.15) is 30.6 Å². The van der Waals surface area contributed by atoms with Gasteiger partial charge in [0.2, 0.25) is 0 Å². The molecule has 1 aliphatic rings. The van der Waals surface area contributed by atoms with Gasteiger partial charge in [-0.15, -0.1) is 0 Å². The summed E-state index contributed by atoms with van der Waals surface area (Å²) in [7, 11) is 1.65. The Balaban J connectivity index is 1.52. The molecule has 0 unspecified atom stereocenters. The Morgan fingerprint density at radius 3 is 2.72 bits per heavy atom. The Hall–Kier alpha value is -3.73. The van der Waals surface area contributed by atoms with Crippen molar-refractivity contribution in [2.75, 3.05) is 23.9 Å². The Bertz CT molecular complexity index is 1310. The van der Waals surface area contributed by atoms with Crippen LogP contribution in [0.5, 0.6) is 5.75 Å². The van der Waals surface area contributed by atoms with Crippen molar-refractivity contribution in [3.63, 3.8) is 0 Å². The summed E-state index contributed by atoms with van der Waals surface area (Å²) in [4.78, 5) is 18.7. The first-order valence-corrected chi connectivity index (χ1v) is 10.9. The number of amides is 1. The van der Waals surface area contributed by atoms with Gasteiger partial charge in [0.05, 0.1) is 18.5 Å². The molecule has 0 spiro atoms. The van der Waals surface area contributed by atoms with E-state index in [0.717, 1.165) is 39.8 Å². The zero-order chi connectivity index (χ0) is 22.3. The van der Waals surface area contributed by atoms with Crippen molar-refractivity contribution in [3.8, 4) is 16.9 Å². The lowest BCUT2D eigenvalue weighted by molar-refractivity contribution is 0.0986. The zero-order valence-corrected chi connectivity index (χ0v) is 18.6. The lowest BCUT2D eigenvalue weighted by Gasteiger charge is -2.25. The number of aromatic nitrogens is 1. The summed E-state index contributed by atoms with van der Waals surface area (Å²) < 4.78 is 5.71. The van der Waals surface area contributed by atoms with E-state index in [1.165, 1.54) is 0 Å². The molecule has 5 heteroatoms. The number of methoxy groups -OCH3 is 1. The number of benzene rings is 3. The van der Waals surface area contributed by atoms with Gasteiger partial charge in [0.15, 0.2) is 0 Å². The molecule has 32 heavy (non-hydrogen) atoms. The molecule has 0 bridgehead atoms. The number of carbonyl (C=O) groups is 1. The maximum atomic E-state index is 13.6. The Labute approximate surface area is 188 Å². The summed E-state index contributed by atoms with van der Waals surface area (Å²) in [6.45, 7) is 4.97. The number of aromatic amines is 1. The van der Waals surface area contributed by atoms with Gasteiger partial charge in [-0.3, -0.25) is 4.79 Å². The fraction of sp³-hybridized carbons (Fsp3) is 0.222. The number of rotatable bonds is 3. The first-order chi connectivity index (χ1) is 15.4. The highest BCUT2D eigenvalue weighted by atomic mass is 16.5. The molecule has 0 saturated carbocycles. The maximum Gasteiger partial charge on any atom is 0.258 e. The molecule has 2 heterocycles. The van der Waals surface area contributed by atoms with Crippen LogP contribution in [0.25, 0.3) is 22.0 Å². The third kappa shape index (κ3) is 3.60. The minimum atomic E-state index is -0.0937. The molecule has 5 nitrogen and oxygen atoms in total. The molecular weight excluding hydrogens is 398 g/mol. The van der Waals surface area contributed by atoms with Crippen LogP contribution in [0.3, 0.4) is 0 Å². The van der Waals surface area contributed by atoms with Crippen LogP contribution in [0.15, 0.2) is 72.9 Å². The molecule has 0 fully saturated rings. The van der Waals surface area contributed by atoms with Crippen LogP contribution in [0, 0.1) is 0 Å². The molecule has 4 aromatic rings. The monoisotopic (exact) mass is 425 g/mol. The minimum Gasteiger partial charge on any atom is -0.496 e. The first-order valence-electron chi connectivity index (χ1n) is 10.9. The maximum absolute atomic E-state index is 13.6. The van der Waals surface area contributed by atoms with E-state index in [1.54, 1.807) is 7.11 Å². The highest BCUT2D eigenvalue weighted by molar-refractivity contribution is 6.08. The van der Waals surface area contributed by atoms with E-state index in [4.69, 9.17) is 4.74 Å². The quantitative estimate of drug-likeness (QED) is 0.418. The standard InChI is InChI=1S/C27H27N3O2/c1-27(2)13-15-30(24-7-5-4-6-23(24)29-27)26(31)20-8-10-21(25(17-20)32-3)18-9-11-22-19(16-18)12-14-28-22/h4-12,14,16-17,28-29H,13,15H2,1-3H3. The topological polar surface area (TPSA) is 57.4 Å². The van der Waals surface area contributed by atoms with Gasteiger partial charge in [-0.05, 0) is 79.7 Å². The summed E-state index contributed by atoms with van der Waals surface area (Å²) in [6, 6.07) is 22.0. The number of nitrogens with zero attached hydrogens (tertiary/aromatic N) is 1. The van der Waals surface area contributed by atoms with Crippen LogP contribution >= 0.6 is 0 Å². The Kier molecular flexibility index (Phi) is 4.89. The van der Waals surface area contributed by atoms with Crippen molar-refractivity contribution in [3.05, 3.63) is 78.5 Å². The highest BCUT2D eigenvalue weighted by Crippen LogP contribution is 2.36. The van der Waals surface area contributed by atoms with Gasteiger partial charge in [0, 0.05) is 34.9 Å². The van der Waals surface area contributed by atoms with Gasteiger partial charge in [0.25, 0.3) is 5.91 Å². The average molecular weight is 426 g/mol. The van der Waals surface area contributed by atoms with Crippen molar-refractivity contribution < 1.29 is 9.53 Å². The van der Waals surface area contributed by atoms with E-state index in [2.05, 4.69) is 48.4 Å². The van der Waals surface area contributed by atoms with Crippen LogP contribution in [-0.2, 0) is 0 Å². The van der Waals surface area contributed by atoms with E-state index in [-0.39, 0.29) is 11.4 Å². The Morgan fingerprint density at radius 2 is 1.88 bits per heavy atom. The fourth-order valence-corrected chi connectivity index (χ4v) is 4.40. The predicted molar refractivity (Wildman–Crippen MR) is 131 cm³/mol. The molecule has 3 aromatic carbocycles. The summed E-state index contributed by atoms with van der Waals surface area (Å²) >= 11 is 0. The molecular formula is C27H27N3O2. The number of ether oxygens (including phenoxy) is 1. The smallest absolute Gasteiger partial charge is 0.258 e. The zero-order valence-electron chi connectivity index (χ0n) is 18.6. The molecule has 1 aliphatic heterocycles. The fourth-order valence-electron chi connectivity index (χ4n) is 4.40. The number of fused-ring (bicyclic) bond motifs is 2. The van der Waals surface area contributed by atoms with Gasteiger partial charge < -0.3 is 19.9 Å². The van der Waals surface area contributed by atoms with Crippen LogP contribution in [0.2, 0.25) is 0 Å². The van der Waals surface area contributed by atoms with Crippen molar-refractivity contribution in [1.82, 2.24) is 4.98 Å². The molecule has 0 saturated heterocycles. The summed E-state index contributed by atoms with van der Waals surface area (Å²) in [5.41, 5.74) is 5.52. The molecule has 162 valence electrons. The number of H-pyrrole nitrogens is 1. The van der Waals surface area contributed by atoms with Gasteiger partial charge in [-0.25, -0.2) is 0 Å². The number of carbonyl (C=O) groups excluding carboxylic acids is 1. The normalized spacial score (nSPS) is 15.0. The number of nitrogens with one attached hydrogen (secondary N) is 2. The van der Waals surface area contributed by atoms with E-state index in [1.807, 2.05) is 53.6 Å². The highest BCUT2D eigenvalue weighted by Gasteiger charge is 2.29. The summed E-state index contributed by atoms with van der Waals surface area (Å²) in [6.07, 6.45) is 2.78. The number of anilines is 2. The molecule has 5 rings (SSSR count). The van der Waals surface area contributed by atoms with Crippen LogP contribution < -0.4 is 15.0 Å². The van der Waals surface area contributed by atoms with E-state index in [0.29, 0.717) is 17.9 Å². The second kappa shape index (κ2) is 7.75. The molecule has 0 aliphatic carbocycles. The molecule has 2 N–H and O–H groups in total. The van der Waals surface area contributed by atoms with Crippen molar-refractivity contribution in [2.45, 2.75) is 25.8 Å². The second-order valence-corrected chi connectivity index (χ2v) is 8.93. The van der Waals surface area contributed by atoms with E-state index in [9.17, 15) is 4.79 Å². The average Bonchev–Trinajstić information content (AvgIpc) is 3.21. The van der Waals surface area contributed by atoms with Crippen LogP contribution in [-0.4, -0.2) is 30.1 Å². The third-order valence-corrected chi connectivity index (χ3v) is 6.19. The van der Waals surface area contributed by atoms with Gasteiger partial charge >= 0.3 is 0 Å². The van der Waals surface area contributed by atoms with Crippen molar-refractivity contribution in [2.24, 2.45) is 0 Å². The minimum absolute atomic E-state index is 0.0251. The number of para-hydroxylation sites is 2. The van der Waals surface area contributed by atoms with E-state index < -0.39 is 0 Å². The lowest BCUT2D eigenvalue weighted by atomic mass is 10.00. The predicted octanol–water partition coefficient (Wildman–Crippen LogP) is 6.08. The second-order valence-electron chi connectivity index (χ2n) is 8.93. The molecule has 1 amide bonds. The summed E-state index contributed by atoms with van der Waals surface area (Å²) in [5, 5.41) is 4.72. The Morgan fingerprint density at radius 1 is 1.03 bits per heavy atom. The first kappa shape index (κ1) is 20.2. The third-order valence-electron chi connectivity index (χ3n) is 6.19. The lowest BCUT2D eigenvalue weighted by Crippen LogP contribution is -2.35.